The highest BCUT2D eigenvalue weighted by atomic mass is 79.9. The number of halogens is 1. The van der Waals surface area contributed by atoms with Gasteiger partial charge in [-0.2, -0.15) is 13.5 Å². The smallest absolute Gasteiger partial charge is 0.343 e. The van der Waals surface area contributed by atoms with E-state index in [1.54, 1.807) is 60.7 Å². The SMILES string of the molecule is Cc1ccc(S(=O)(=O)NN=Cc2ccc(OC(=O)c3ccc(Br)cc3)cc2)cc1. The Labute approximate surface area is 177 Å². The molecule has 3 aromatic carbocycles. The van der Waals surface area contributed by atoms with Gasteiger partial charge in [0.25, 0.3) is 10.0 Å². The van der Waals surface area contributed by atoms with Gasteiger partial charge in [-0.1, -0.05) is 33.6 Å². The molecule has 0 atom stereocenters. The van der Waals surface area contributed by atoms with Crippen molar-refractivity contribution in [2.75, 3.05) is 0 Å². The van der Waals surface area contributed by atoms with Crippen LogP contribution in [0.1, 0.15) is 21.5 Å². The van der Waals surface area contributed by atoms with Crippen LogP contribution in [0.4, 0.5) is 0 Å². The van der Waals surface area contributed by atoms with Crippen molar-refractivity contribution in [2.45, 2.75) is 11.8 Å². The zero-order chi connectivity index (χ0) is 20.9. The monoisotopic (exact) mass is 472 g/mol. The Hall–Kier alpha value is -2.97. The maximum Gasteiger partial charge on any atom is 0.343 e. The van der Waals surface area contributed by atoms with Gasteiger partial charge in [0.1, 0.15) is 5.75 Å². The van der Waals surface area contributed by atoms with Crippen LogP contribution in [-0.4, -0.2) is 20.6 Å². The zero-order valence-corrected chi connectivity index (χ0v) is 17.8. The molecule has 0 aliphatic carbocycles. The standard InChI is InChI=1S/C21H17BrN2O4S/c1-15-2-12-20(13-3-15)29(26,27)24-23-14-16-4-10-19(11-5-16)28-21(25)17-6-8-18(22)9-7-17/h2-14,24H,1H3. The Morgan fingerprint density at radius 2 is 1.59 bits per heavy atom. The summed E-state index contributed by atoms with van der Waals surface area (Å²) >= 11 is 3.31. The molecule has 6 nitrogen and oxygen atoms in total. The molecule has 0 aliphatic rings. The minimum Gasteiger partial charge on any atom is -0.423 e. The van der Waals surface area contributed by atoms with Crippen molar-refractivity contribution in [1.29, 1.82) is 0 Å². The number of aryl methyl sites for hydroxylation is 1. The molecule has 1 N–H and O–H groups in total. The molecule has 0 saturated carbocycles. The molecule has 0 aromatic heterocycles. The van der Waals surface area contributed by atoms with Gasteiger partial charge in [0.05, 0.1) is 16.7 Å². The predicted molar refractivity (Wildman–Crippen MR) is 115 cm³/mol. The molecule has 0 aliphatic heterocycles. The first kappa shape index (κ1) is 20.8. The number of carbonyl (C=O) groups excluding carboxylic acids is 1. The van der Waals surface area contributed by atoms with Gasteiger partial charge in [-0.25, -0.2) is 9.63 Å². The number of nitrogens with zero attached hydrogens (tertiary/aromatic N) is 1. The Balaban J connectivity index is 1.60. The molecule has 0 spiro atoms. The largest absolute Gasteiger partial charge is 0.423 e. The molecule has 148 valence electrons. The van der Waals surface area contributed by atoms with Crippen LogP contribution in [0.25, 0.3) is 0 Å². The van der Waals surface area contributed by atoms with Crippen LogP contribution in [0.2, 0.25) is 0 Å². The minimum atomic E-state index is -3.73. The summed E-state index contributed by atoms with van der Waals surface area (Å²) in [6.45, 7) is 1.88. The highest BCUT2D eigenvalue weighted by molar-refractivity contribution is 9.10. The van der Waals surface area contributed by atoms with E-state index in [9.17, 15) is 13.2 Å². The zero-order valence-electron chi connectivity index (χ0n) is 15.4. The van der Waals surface area contributed by atoms with Gasteiger partial charge in [-0.15, -0.1) is 0 Å². The Kier molecular flexibility index (Phi) is 6.46. The molecule has 0 bridgehead atoms. The van der Waals surface area contributed by atoms with E-state index in [0.717, 1.165) is 10.0 Å². The molecule has 0 unspecified atom stereocenters. The quantitative estimate of drug-likeness (QED) is 0.251. The summed E-state index contributed by atoms with van der Waals surface area (Å²) < 4.78 is 30.5. The third kappa shape index (κ3) is 5.75. The second-order valence-electron chi connectivity index (χ2n) is 6.13. The van der Waals surface area contributed by atoms with Crippen LogP contribution in [0, 0.1) is 6.92 Å². The number of hydrogen-bond donors (Lipinski definition) is 1. The van der Waals surface area contributed by atoms with Crippen LogP contribution in [0.5, 0.6) is 5.75 Å². The van der Waals surface area contributed by atoms with E-state index in [2.05, 4.69) is 25.9 Å². The second-order valence-corrected chi connectivity index (χ2v) is 8.71. The molecule has 3 rings (SSSR count). The molecule has 0 radical (unpaired) electrons. The molecular formula is C21H17BrN2O4S. The van der Waals surface area contributed by atoms with E-state index in [0.29, 0.717) is 16.9 Å². The van der Waals surface area contributed by atoms with Crippen LogP contribution < -0.4 is 9.57 Å². The van der Waals surface area contributed by atoms with Gasteiger partial charge in [0, 0.05) is 4.47 Å². The van der Waals surface area contributed by atoms with Crippen molar-refractivity contribution in [3.8, 4) is 5.75 Å². The minimum absolute atomic E-state index is 0.135. The molecule has 3 aromatic rings. The number of hydrazone groups is 1. The summed E-state index contributed by atoms with van der Waals surface area (Å²) in [4.78, 5) is 14.4. The average molecular weight is 473 g/mol. The summed E-state index contributed by atoms with van der Waals surface area (Å²) in [5.41, 5.74) is 2.04. The number of sulfonamides is 1. The van der Waals surface area contributed by atoms with Gasteiger partial charge in [0.15, 0.2) is 0 Å². The topological polar surface area (TPSA) is 84.8 Å². The number of carbonyl (C=O) groups is 1. The Morgan fingerprint density at radius 3 is 2.21 bits per heavy atom. The lowest BCUT2D eigenvalue weighted by atomic mass is 10.2. The van der Waals surface area contributed by atoms with Crippen LogP contribution >= 0.6 is 15.9 Å². The first-order chi connectivity index (χ1) is 13.8. The lowest BCUT2D eigenvalue weighted by molar-refractivity contribution is 0.0734. The number of benzene rings is 3. The Morgan fingerprint density at radius 1 is 0.966 bits per heavy atom. The van der Waals surface area contributed by atoms with Gasteiger partial charge in [-0.3, -0.25) is 0 Å². The third-order valence-corrected chi connectivity index (χ3v) is 5.66. The molecule has 8 heteroatoms. The lowest BCUT2D eigenvalue weighted by Crippen LogP contribution is -2.18. The van der Waals surface area contributed by atoms with Crippen LogP contribution in [0.3, 0.4) is 0 Å². The molecule has 0 saturated heterocycles. The first-order valence-electron chi connectivity index (χ1n) is 8.53. The van der Waals surface area contributed by atoms with Crippen molar-refractivity contribution in [1.82, 2.24) is 4.83 Å². The van der Waals surface area contributed by atoms with Crippen LogP contribution in [-0.2, 0) is 10.0 Å². The summed E-state index contributed by atoms with van der Waals surface area (Å²) in [6.07, 6.45) is 1.37. The molecular weight excluding hydrogens is 456 g/mol. The van der Waals surface area contributed by atoms with E-state index in [4.69, 9.17) is 4.74 Å². The maximum absolute atomic E-state index is 12.2. The van der Waals surface area contributed by atoms with Crippen LogP contribution in [0.15, 0.2) is 87.3 Å². The van der Waals surface area contributed by atoms with Crippen molar-refractivity contribution in [3.05, 3.63) is 94.0 Å². The number of nitrogens with one attached hydrogen (secondary N) is 1. The first-order valence-corrected chi connectivity index (χ1v) is 10.8. The fourth-order valence-corrected chi connectivity index (χ4v) is 3.37. The highest BCUT2D eigenvalue weighted by Gasteiger charge is 2.12. The summed E-state index contributed by atoms with van der Waals surface area (Å²) in [5, 5.41) is 3.78. The average Bonchev–Trinajstić information content (AvgIpc) is 2.70. The summed E-state index contributed by atoms with van der Waals surface area (Å²) in [6, 6.07) is 19.8. The normalized spacial score (nSPS) is 11.4. The second kappa shape index (κ2) is 9.02. The highest BCUT2D eigenvalue weighted by Crippen LogP contribution is 2.16. The van der Waals surface area contributed by atoms with Gasteiger partial charge >= 0.3 is 5.97 Å². The fourth-order valence-electron chi connectivity index (χ4n) is 2.31. The lowest BCUT2D eigenvalue weighted by Gasteiger charge is -2.05. The number of rotatable bonds is 6. The van der Waals surface area contributed by atoms with E-state index in [1.165, 1.54) is 18.3 Å². The van der Waals surface area contributed by atoms with Crippen molar-refractivity contribution in [3.63, 3.8) is 0 Å². The Bertz CT molecular complexity index is 1120. The van der Waals surface area contributed by atoms with E-state index in [-0.39, 0.29) is 4.90 Å². The van der Waals surface area contributed by atoms with Gasteiger partial charge in [0.2, 0.25) is 0 Å². The molecule has 29 heavy (non-hydrogen) atoms. The fraction of sp³-hybridized carbons (Fsp3) is 0.0476. The van der Waals surface area contributed by atoms with Gasteiger partial charge in [-0.05, 0) is 73.2 Å². The van der Waals surface area contributed by atoms with E-state index in [1.807, 2.05) is 6.92 Å². The summed E-state index contributed by atoms with van der Waals surface area (Å²) in [5.74, 6) is -0.0971. The van der Waals surface area contributed by atoms with Crippen molar-refractivity contribution < 1.29 is 17.9 Å². The number of ether oxygens (including phenoxy) is 1. The van der Waals surface area contributed by atoms with Gasteiger partial charge < -0.3 is 4.74 Å². The molecule has 0 heterocycles. The van der Waals surface area contributed by atoms with Crippen molar-refractivity contribution in [2.24, 2.45) is 5.10 Å². The number of hydrogen-bond acceptors (Lipinski definition) is 5. The van der Waals surface area contributed by atoms with E-state index >= 15 is 0 Å². The van der Waals surface area contributed by atoms with E-state index < -0.39 is 16.0 Å². The summed E-state index contributed by atoms with van der Waals surface area (Å²) in [7, 11) is -3.73. The third-order valence-electron chi connectivity index (χ3n) is 3.89. The maximum atomic E-state index is 12.2. The van der Waals surface area contributed by atoms with Crippen molar-refractivity contribution >= 4 is 38.1 Å². The number of esters is 1. The molecule has 0 fully saturated rings. The molecule has 0 amide bonds. The predicted octanol–water partition coefficient (Wildman–Crippen LogP) is 4.29.